The molecule has 0 aromatic heterocycles. The molecule has 5 atom stereocenters. The molecule has 0 saturated carbocycles. The standard InChI is InChI=1S/C17H23N/c1-11-8-9-15-12(2)10-18-13(3)17(15)16-7-5-4-6-14(11)16/h4-7,10-13,15,17H,8-9H2,1-3H3. The summed E-state index contributed by atoms with van der Waals surface area (Å²) in [5.41, 5.74) is 3.14. The minimum absolute atomic E-state index is 0.442. The zero-order valence-corrected chi connectivity index (χ0v) is 11.6. The van der Waals surface area contributed by atoms with Crippen molar-refractivity contribution in [3.63, 3.8) is 0 Å². The Labute approximate surface area is 110 Å². The number of nitrogens with zero attached hydrogens (tertiary/aromatic N) is 1. The maximum Gasteiger partial charge on any atom is 0.0539 e. The average molecular weight is 241 g/mol. The van der Waals surface area contributed by atoms with Crippen molar-refractivity contribution in [3.8, 4) is 0 Å². The van der Waals surface area contributed by atoms with E-state index in [9.17, 15) is 0 Å². The first-order valence-corrected chi connectivity index (χ1v) is 7.30. The maximum atomic E-state index is 4.74. The van der Waals surface area contributed by atoms with Crippen LogP contribution in [0.1, 0.15) is 56.6 Å². The van der Waals surface area contributed by atoms with E-state index in [-0.39, 0.29) is 0 Å². The van der Waals surface area contributed by atoms with Gasteiger partial charge in [-0.3, -0.25) is 4.99 Å². The number of hydrogen-bond acceptors (Lipinski definition) is 1. The third-order valence-corrected chi connectivity index (χ3v) is 5.03. The highest BCUT2D eigenvalue weighted by Crippen LogP contribution is 2.46. The van der Waals surface area contributed by atoms with Crippen molar-refractivity contribution in [1.29, 1.82) is 0 Å². The second-order valence-corrected chi connectivity index (χ2v) is 6.19. The van der Waals surface area contributed by atoms with Gasteiger partial charge in [-0.15, -0.1) is 0 Å². The van der Waals surface area contributed by atoms with Crippen LogP contribution >= 0.6 is 0 Å². The molecule has 0 N–H and O–H groups in total. The van der Waals surface area contributed by atoms with E-state index < -0.39 is 0 Å². The number of rotatable bonds is 0. The van der Waals surface area contributed by atoms with Crippen LogP contribution in [-0.2, 0) is 0 Å². The summed E-state index contributed by atoms with van der Waals surface area (Å²) in [5, 5.41) is 0. The smallest absolute Gasteiger partial charge is 0.0539 e. The van der Waals surface area contributed by atoms with Crippen LogP contribution in [0.15, 0.2) is 29.3 Å². The van der Waals surface area contributed by atoms with Gasteiger partial charge in [0, 0.05) is 12.1 Å². The van der Waals surface area contributed by atoms with Gasteiger partial charge in [-0.05, 0) is 48.6 Å². The predicted molar refractivity (Wildman–Crippen MR) is 77.4 cm³/mol. The van der Waals surface area contributed by atoms with Crippen LogP contribution in [0, 0.1) is 11.8 Å². The van der Waals surface area contributed by atoms with Crippen LogP contribution in [0.3, 0.4) is 0 Å². The Hall–Kier alpha value is -1.11. The van der Waals surface area contributed by atoms with Gasteiger partial charge in [-0.25, -0.2) is 0 Å². The number of aliphatic imine (C=N–C) groups is 1. The molecule has 0 amide bonds. The molecule has 0 radical (unpaired) electrons. The van der Waals surface area contributed by atoms with E-state index in [1.54, 1.807) is 11.1 Å². The Morgan fingerprint density at radius 3 is 2.50 bits per heavy atom. The van der Waals surface area contributed by atoms with Crippen LogP contribution < -0.4 is 0 Å². The molecule has 1 heterocycles. The zero-order chi connectivity index (χ0) is 12.7. The molecule has 18 heavy (non-hydrogen) atoms. The van der Waals surface area contributed by atoms with Gasteiger partial charge in [0.05, 0.1) is 6.04 Å². The SMILES string of the molecule is CC1CCC2C(C)C=NC(C)C2c2ccccc21. The fourth-order valence-corrected chi connectivity index (χ4v) is 3.95. The minimum atomic E-state index is 0.442. The van der Waals surface area contributed by atoms with Crippen molar-refractivity contribution in [2.24, 2.45) is 16.8 Å². The summed E-state index contributed by atoms with van der Waals surface area (Å²) in [6.45, 7) is 7.00. The Bertz CT molecular complexity index is 462. The molecule has 1 aromatic rings. The highest BCUT2D eigenvalue weighted by atomic mass is 14.8. The van der Waals surface area contributed by atoms with E-state index in [0.717, 1.165) is 5.92 Å². The van der Waals surface area contributed by atoms with Crippen molar-refractivity contribution >= 4 is 6.21 Å². The Morgan fingerprint density at radius 2 is 1.72 bits per heavy atom. The molecule has 1 aliphatic heterocycles. The summed E-state index contributed by atoms with van der Waals surface area (Å²) in [6, 6.07) is 9.51. The van der Waals surface area contributed by atoms with Gasteiger partial charge in [-0.1, -0.05) is 38.1 Å². The molecule has 1 aromatic carbocycles. The first kappa shape index (κ1) is 12.0. The van der Waals surface area contributed by atoms with Crippen LogP contribution in [0.2, 0.25) is 0 Å². The van der Waals surface area contributed by atoms with Crippen molar-refractivity contribution in [1.82, 2.24) is 0 Å². The lowest BCUT2D eigenvalue weighted by atomic mass is 9.72. The van der Waals surface area contributed by atoms with Gasteiger partial charge < -0.3 is 0 Å². The lowest BCUT2D eigenvalue weighted by Crippen LogP contribution is -2.32. The van der Waals surface area contributed by atoms with Crippen LogP contribution in [-0.4, -0.2) is 12.3 Å². The minimum Gasteiger partial charge on any atom is -0.294 e. The molecule has 5 unspecified atom stereocenters. The van der Waals surface area contributed by atoms with E-state index in [0.29, 0.717) is 23.8 Å². The Morgan fingerprint density at radius 1 is 1.00 bits per heavy atom. The molecular weight excluding hydrogens is 218 g/mol. The van der Waals surface area contributed by atoms with Crippen LogP contribution in [0.5, 0.6) is 0 Å². The van der Waals surface area contributed by atoms with Gasteiger partial charge in [0.1, 0.15) is 0 Å². The van der Waals surface area contributed by atoms with E-state index in [1.165, 1.54) is 12.8 Å². The molecular formula is C17H23N. The van der Waals surface area contributed by atoms with Crippen LogP contribution in [0.25, 0.3) is 0 Å². The highest BCUT2D eigenvalue weighted by molar-refractivity contribution is 5.63. The number of fused-ring (bicyclic) bond motifs is 3. The molecule has 1 heteroatoms. The van der Waals surface area contributed by atoms with Crippen molar-refractivity contribution in [2.45, 2.75) is 51.5 Å². The lowest BCUT2D eigenvalue weighted by Gasteiger charge is -2.36. The maximum absolute atomic E-state index is 4.74. The van der Waals surface area contributed by atoms with Crippen molar-refractivity contribution in [2.75, 3.05) is 0 Å². The summed E-state index contributed by atoms with van der Waals surface area (Å²) in [4.78, 5) is 4.74. The third-order valence-electron chi connectivity index (χ3n) is 5.03. The van der Waals surface area contributed by atoms with E-state index >= 15 is 0 Å². The monoisotopic (exact) mass is 241 g/mol. The average Bonchev–Trinajstić information content (AvgIpc) is 2.53. The number of benzene rings is 1. The van der Waals surface area contributed by atoms with Crippen molar-refractivity contribution < 1.29 is 0 Å². The van der Waals surface area contributed by atoms with Gasteiger partial charge in [-0.2, -0.15) is 0 Å². The molecule has 96 valence electrons. The molecule has 1 aliphatic carbocycles. The van der Waals surface area contributed by atoms with E-state index in [1.807, 2.05) is 0 Å². The Kier molecular flexibility index (Phi) is 3.01. The molecule has 2 aliphatic rings. The molecule has 0 fully saturated rings. The largest absolute Gasteiger partial charge is 0.294 e. The first-order valence-electron chi connectivity index (χ1n) is 7.30. The van der Waals surface area contributed by atoms with Gasteiger partial charge >= 0.3 is 0 Å². The molecule has 1 nitrogen and oxygen atoms in total. The van der Waals surface area contributed by atoms with E-state index in [2.05, 4.69) is 51.3 Å². The van der Waals surface area contributed by atoms with Crippen molar-refractivity contribution in [3.05, 3.63) is 35.4 Å². The van der Waals surface area contributed by atoms with Gasteiger partial charge in [0.2, 0.25) is 0 Å². The fourth-order valence-electron chi connectivity index (χ4n) is 3.95. The predicted octanol–water partition coefficient (Wildman–Crippen LogP) is 4.39. The van der Waals surface area contributed by atoms with Gasteiger partial charge in [0.25, 0.3) is 0 Å². The second kappa shape index (κ2) is 4.53. The fraction of sp³-hybridized carbons (Fsp3) is 0.588. The summed E-state index contributed by atoms with van der Waals surface area (Å²) in [5.74, 6) is 2.74. The second-order valence-electron chi connectivity index (χ2n) is 6.19. The van der Waals surface area contributed by atoms with Crippen LogP contribution in [0.4, 0.5) is 0 Å². The van der Waals surface area contributed by atoms with Gasteiger partial charge in [0.15, 0.2) is 0 Å². The first-order chi connectivity index (χ1) is 8.68. The normalized spacial score (nSPS) is 38.7. The quantitative estimate of drug-likeness (QED) is 0.638. The molecule has 3 rings (SSSR count). The summed E-state index contributed by atoms with van der Waals surface area (Å²) in [6.07, 6.45) is 4.87. The highest BCUT2D eigenvalue weighted by Gasteiger charge is 2.37. The third kappa shape index (κ3) is 1.81. The zero-order valence-electron chi connectivity index (χ0n) is 11.6. The number of hydrogen-bond donors (Lipinski definition) is 0. The molecule has 0 spiro atoms. The van der Waals surface area contributed by atoms with E-state index in [4.69, 9.17) is 4.99 Å². The molecule has 0 bridgehead atoms. The summed E-state index contributed by atoms with van der Waals surface area (Å²) in [7, 11) is 0. The molecule has 0 saturated heterocycles. The summed E-state index contributed by atoms with van der Waals surface area (Å²) >= 11 is 0. The summed E-state index contributed by atoms with van der Waals surface area (Å²) < 4.78 is 0. The topological polar surface area (TPSA) is 12.4 Å². The lowest BCUT2D eigenvalue weighted by molar-refractivity contribution is 0.294. The Balaban J connectivity index is 2.11.